The van der Waals surface area contributed by atoms with Crippen LogP contribution in [0.3, 0.4) is 0 Å². The zero-order valence-electron chi connectivity index (χ0n) is 10.4. The first kappa shape index (κ1) is 13.9. The third-order valence-corrected chi connectivity index (χ3v) is 3.76. The van der Waals surface area contributed by atoms with E-state index in [-0.39, 0.29) is 5.91 Å². The molecule has 19 heavy (non-hydrogen) atoms. The summed E-state index contributed by atoms with van der Waals surface area (Å²) in [4.78, 5) is 23.0. The second kappa shape index (κ2) is 6.06. The number of rotatable bonds is 4. The molecule has 4 nitrogen and oxygen atoms in total. The van der Waals surface area contributed by atoms with Gasteiger partial charge in [0, 0.05) is 11.6 Å². The number of halogens is 1. The minimum absolute atomic E-state index is 0.176. The van der Waals surface area contributed by atoms with Crippen molar-refractivity contribution in [3.05, 3.63) is 34.9 Å². The number of nitrogens with one attached hydrogen (secondary N) is 1. The number of hydrogen-bond acceptors (Lipinski definition) is 2. The van der Waals surface area contributed by atoms with Gasteiger partial charge in [0.15, 0.2) is 0 Å². The Labute approximate surface area is 116 Å². The second-order valence-electron chi connectivity index (χ2n) is 4.83. The van der Waals surface area contributed by atoms with Gasteiger partial charge in [0.05, 0.1) is 11.8 Å². The summed E-state index contributed by atoms with van der Waals surface area (Å²) in [7, 11) is 0. The zero-order valence-corrected chi connectivity index (χ0v) is 11.2. The monoisotopic (exact) mass is 281 g/mol. The molecule has 2 atom stereocenters. The first-order valence-corrected chi connectivity index (χ1v) is 6.70. The number of benzene rings is 1. The van der Waals surface area contributed by atoms with E-state index >= 15 is 0 Å². The molecular weight excluding hydrogens is 266 g/mol. The lowest BCUT2D eigenvalue weighted by Crippen LogP contribution is -2.34. The summed E-state index contributed by atoms with van der Waals surface area (Å²) in [6, 6.07) is 7.24. The quantitative estimate of drug-likeness (QED) is 0.891. The minimum Gasteiger partial charge on any atom is -0.481 e. The first-order valence-electron chi connectivity index (χ1n) is 6.33. The van der Waals surface area contributed by atoms with E-state index in [9.17, 15) is 9.59 Å². The van der Waals surface area contributed by atoms with Crippen LogP contribution in [0.25, 0.3) is 0 Å². The Morgan fingerprint density at radius 1 is 1.32 bits per heavy atom. The van der Waals surface area contributed by atoms with Crippen molar-refractivity contribution < 1.29 is 14.7 Å². The smallest absolute Gasteiger partial charge is 0.307 e. The predicted octanol–water partition coefficient (Wildman–Crippen LogP) is 2.46. The van der Waals surface area contributed by atoms with E-state index in [1.54, 1.807) is 12.1 Å². The summed E-state index contributed by atoms with van der Waals surface area (Å²) in [5.41, 5.74) is 0.908. The van der Waals surface area contributed by atoms with Crippen LogP contribution >= 0.6 is 11.6 Å². The van der Waals surface area contributed by atoms with E-state index < -0.39 is 17.8 Å². The molecule has 1 fully saturated rings. The van der Waals surface area contributed by atoms with Crippen molar-refractivity contribution in [2.45, 2.75) is 25.8 Å². The Hall–Kier alpha value is -1.55. The maximum Gasteiger partial charge on any atom is 0.307 e. The van der Waals surface area contributed by atoms with Crippen LogP contribution in [0, 0.1) is 11.8 Å². The molecule has 0 unspecified atom stereocenters. The number of hydrogen-bond donors (Lipinski definition) is 2. The fourth-order valence-corrected chi connectivity index (χ4v) is 2.75. The molecule has 1 aliphatic carbocycles. The van der Waals surface area contributed by atoms with Crippen LogP contribution in [0.5, 0.6) is 0 Å². The number of aliphatic carboxylic acids is 1. The number of carbonyl (C=O) groups is 2. The van der Waals surface area contributed by atoms with E-state index in [4.69, 9.17) is 16.7 Å². The summed E-state index contributed by atoms with van der Waals surface area (Å²) in [6.45, 7) is 0.377. The van der Waals surface area contributed by atoms with E-state index in [0.29, 0.717) is 24.4 Å². The SMILES string of the molecule is O=C(O)[C@H]1CCC[C@H]1C(=O)NCc1cccc(Cl)c1. The molecule has 2 N–H and O–H groups in total. The summed E-state index contributed by atoms with van der Waals surface area (Å²) >= 11 is 5.86. The van der Waals surface area contributed by atoms with Crippen LogP contribution < -0.4 is 5.32 Å². The molecule has 2 rings (SSSR count). The number of amides is 1. The fraction of sp³-hybridized carbons (Fsp3) is 0.429. The maximum atomic E-state index is 12.0. The molecule has 5 heteroatoms. The normalized spacial score (nSPS) is 22.2. The van der Waals surface area contributed by atoms with Crippen LogP contribution in [0.4, 0.5) is 0 Å². The van der Waals surface area contributed by atoms with Crippen molar-refractivity contribution in [1.29, 1.82) is 0 Å². The Bertz CT molecular complexity index is 489. The van der Waals surface area contributed by atoms with Crippen LogP contribution in [0.15, 0.2) is 24.3 Å². The van der Waals surface area contributed by atoms with Crippen molar-refractivity contribution >= 4 is 23.5 Å². The second-order valence-corrected chi connectivity index (χ2v) is 5.27. The average Bonchev–Trinajstić information content (AvgIpc) is 2.85. The Balaban J connectivity index is 1.92. The van der Waals surface area contributed by atoms with Gasteiger partial charge < -0.3 is 10.4 Å². The molecule has 0 aromatic heterocycles. The van der Waals surface area contributed by atoms with Crippen LogP contribution in [0.1, 0.15) is 24.8 Å². The van der Waals surface area contributed by atoms with Gasteiger partial charge in [0.1, 0.15) is 0 Å². The molecular formula is C14H16ClNO3. The van der Waals surface area contributed by atoms with Crippen molar-refractivity contribution in [2.75, 3.05) is 0 Å². The topological polar surface area (TPSA) is 66.4 Å². The van der Waals surface area contributed by atoms with E-state index in [1.807, 2.05) is 12.1 Å². The number of carbonyl (C=O) groups excluding carboxylic acids is 1. The van der Waals surface area contributed by atoms with Crippen molar-refractivity contribution in [1.82, 2.24) is 5.32 Å². The van der Waals surface area contributed by atoms with Crippen LogP contribution in [0.2, 0.25) is 5.02 Å². The van der Waals surface area contributed by atoms with Crippen molar-refractivity contribution in [2.24, 2.45) is 11.8 Å². The van der Waals surface area contributed by atoms with Gasteiger partial charge in [-0.25, -0.2) is 0 Å². The molecule has 0 heterocycles. The molecule has 1 saturated carbocycles. The van der Waals surface area contributed by atoms with Gasteiger partial charge in [-0.3, -0.25) is 9.59 Å². The van der Waals surface area contributed by atoms with Crippen LogP contribution in [-0.2, 0) is 16.1 Å². The van der Waals surface area contributed by atoms with Crippen molar-refractivity contribution in [3.8, 4) is 0 Å². The molecule has 0 bridgehead atoms. The zero-order chi connectivity index (χ0) is 13.8. The lowest BCUT2D eigenvalue weighted by Gasteiger charge is -2.15. The summed E-state index contributed by atoms with van der Waals surface area (Å²) < 4.78 is 0. The molecule has 1 aromatic rings. The maximum absolute atomic E-state index is 12.0. The first-order chi connectivity index (χ1) is 9.08. The molecule has 0 aliphatic heterocycles. The van der Waals surface area contributed by atoms with E-state index in [1.165, 1.54) is 0 Å². The Morgan fingerprint density at radius 2 is 2.05 bits per heavy atom. The molecule has 102 valence electrons. The molecule has 0 radical (unpaired) electrons. The van der Waals surface area contributed by atoms with Gasteiger partial charge in [-0.1, -0.05) is 30.2 Å². The Kier molecular flexibility index (Phi) is 4.43. The van der Waals surface area contributed by atoms with E-state index in [0.717, 1.165) is 12.0 Å². The van der Waals surface area contributed by atoms with Gasteiger partial charge >= 0.3 is 5.97 Å². The highest BCUT2D eigenvalue weighted by Crippen LogP contribution is 2.32. The van der Waals surface area contributed by atoms with Gasteiger partial charge in [-0.2, -0.15) is 0 Å². The van der Waals surface area contributed by atoms with E-state index in [2.05, 4.69) is 5.32 Å². The molecule has 1 aliphatic rings. The van der Waals surface area contributed by atoms with Crippen molar-refractivity contribution in [3.63, 3.8) is 0 Å². The summed E-state index contributed by atoms with van der Waals surface area (Å²) in [6.07, 6.45) is 2.04. The highest BCUT2D eigenvalue weighted by atomic mass is 35.5. The van der Waals surface area contributed by atoms with Gasteiger partial charge in [0.25, 0.3) is 0 Å². The lowest BCUT2D eigenvalue weighted by molar-refractivity contribution is -0.146. The highest BCUT2D eigenvalue weighted by Gasteiger charge is 2.37. The highest BCUT2D eigenvalue weighted by molar-refractivity contribution is 6.30. The standard InChI is InChI=1S/C14H16ClNO3/c15-10-4-1-3-9(7-10)8-16-13(17)11-5-2-6-12(11)14(18)19/h1,3-4,7,11-12H,2,5-6,8H2,(H,16,17)(H,18,19)/t11-,12+/m1/s1. The molecule has 1 amide bonds. The third kappa shape index (κ3) is 3.47. The Morgan fingerprint density at radius 3 is 2.74 bits per heavy atom. The predicted molar refractivity (Wildman–Crippen MR) is 71.8 cm³/mol. The largest absolute Gasteiger partial charge is 0.481 e. The number of carboxylic acid groups (broad SMARTS) is 1. The minimum atomic E-state index is -0.875. The van der Waals surface area contributed by atoms with Gasteiger partial charge in [-0.05, 0) is 30.5 Å². The van der Waals surface area contributed by atoms with Gasteiger partial charge in [-0.15, -0.1) is 0 Å². The summed E-state index contributed by atoms with van der Waals surface area (Å²) in [5.74, 6) is -2.00. The summed E-state index contributed by atoms with van der Waals surface area (Å²) in [5, 5.41) is 12.5. The molecule has 0 spiro atoms. The average molecular weight is 282 g/mol. The fourth-order valence-electron chi connectivity index (χ4n) is 2.54. The third-order valence-electron chi connectivity index (χ3n) is 3.53. The lowest BCUT2D eigenvalue weighted by atomic mass is 9.95. The number of carboxylic acids is 1. The molecule has 1 aromatic carbocycles. The van der Waals surface area contributed by atoms with Crippen LogP contribution in [-0.4, -0.2) is 17.0 Å². The van der Waals surface area contributed by atoms with Gasteiger partial charge in [0.2, 0.25) is 5.91 Å². The molecule has 0 saturated heterocycles.